The van der Waals surface area contributed by atoms with Crippen molar-refractivity contribution >= 4 is 50.6 Å². The van der Waals surface area contributed by atoms with E-state index in [4.69, 9.17) is 0 Å². The number of aromatic nitrogens is 2. The number of non-ortho nitro benzene ring substituents is 1. The number of phenolic OH excluding ortho intramolecular Hbond substituents is 1. The van der Waals surface area contributed by atoms with Gasteiger partial charge in [0.05, 0.1) is 21.7 Å². The number of thiophene rings is 1. The number of anilines is 1. The quantitative estimate of drug-likeness (QED) is 0.104. The maximum Gasteiger partial charge on any atom is 0.271 e. The van der Waals surface area contributed by atoms with E-state index in [-0.39, 0.29) is 22.9 Å². The molecule has 174 valence electrons. The van der Waals surface area contributed by atoms with Gasteiger partial charge in [-0.05, 0) is 30.0 Å². The van der Waals surface area contributed by atoms with Crippen molar-refractivity contribution in [3.05, 3.63) is 69.3 Å². The van der Waals surface area contributed by atoms with Crippen LogP contribution in [0.3, 0.4) is 0 Å². The van der Waals surface area contributed by atoms with Gasteiger partial charge in [-0.15, -0.1) is 11.3 Å². The molecular weight excluding hydrogens is 472 g/mol. The lowest BCUT2D eigenvalue weighted by atomic mass is 9.99. The topological polar surface area (TPSA) is 118 Å². The summed E-state index contributed by atoms with van der Waals surface area (Å²) in [5.41, 5.74) is 3.09. The van der Waals surface area contributed by atoms with E-state index in [0.717, 1.165) is 27.4 Å². The molecule has 8 nitrogen and oxygen atoms in total. The standard InChI is InChI=1S/C24H22N4O4S2/c1-13(2)15-4-6-16(7-5-15)18-11-33-23-22(18)24(26-14(3)25-23)34-12-21(30)27-19-10-17(28(31)32)8-9-20(19)29/h4-11,13,29H,12H2,1-3H3,(H,27,30). The fourth-order valence-corrected chi connectivity index (χ4v) is 5.38. The highest BCUT2D eigenvalue weighted by molar-refractivity contribution is 8.00. The Morgan fingerprint density at radius 3 is 2.62 bits per heavy atom. The van der Waals surface area contributed by atoms with E-state index >= 15 is 0 Å². The van der Waals surface area contributed by atoms with Crippen molar-refractivity contribution < 1.29 is 14.8 Å². The molecule has 0 radical (unpaired) electrons. The van der Waals surface area contributed by atoms with Crippen LogP contribution in [0.25, 0.3) is 21.3 Å². The normalized spacial score (nSPS) is 11.2. The van der Waals surface area contributed by atoms with E-state index in [0.29, 0.717) is 16.8 Å². The number of carbonyl (C=O) groups is 1. The number of carbonyl (C=O) groups excluding carboxylic acids is 1. The van der Waals surface area contributed by atoms with Crippen molar-refractivity contribution in [1.82, 2.24) is 9.97 Å². The van der Waals surface area contributed by atoms with Gasteiger partial charge in [-0.2, -0.15) is 0 Å². The minimum atomic E-state index is -0.587. The molecule has 4 aromatic rings. The molecule has 2 aromatic heterocycles. The first-order valence-electron chi connectivity index (χ1n) is 10.5. The van der Waals surface area contributed by atoms with Crippen LogP contribution in [0, 0.1) is 17.0 Å². The summed E-state index contributed by atoms with van der Waals surface area (Å²) >= 11 is 2.79. The SMILES string of the molecule is Cc1nc(SCC(=O)Nc2cc([N+](=O)[O-])ccc2O)c2c(-c3ccc(C(C)C)cc3)csc2n1. The van der Waals surface area contributed by atoms with E-state index in [1.54, 1.807) is 0 Å². The highest BCUT2D eigenvalue weighted by Crippen LogP contribution is 2.39. The second-order valence-electron chi connectivity index (χ2n) is 7.98. The predicted molar refractivity (Wildman–Crippen MR) is 136 cm³/mol. The molecule has 0 fully saturated rings. The van der Waals surface area contributed by atoms with Crippen LogP contribution in [-0.4, -0.2) is 31.7 Å². The van der Waals surface area contributed by atoms with Crippen LogP contribution in [0.4, 0.5) is 11.4 Å². The summed E-state index contributed by atoms with van der Waals surface area (Å²) in [4.78, 5) is 33.0. The number of phenols is 1. The van der Waals surface area contributed by atoms with E-state index in [1.807, 2.05) is 6.92 Å². The Balaban J connectivity index is 1.58. The molecule has 0 aliphatic rings. The Morgan fingerprint density at radius 2 is 1.94 bits per heavy atom. The molecule has 0 saturated carbocycles. The zero-order valence-electron chi connectivity index (χ0n) is 18.7. The van der Waals surface area contributed by atoms with Gasteiger partial charge in [0.2, 0.25) is 5.91 Å². The number of nitro groups is 1. The maximum atomic E-state index is 12.6. The molecule has 2 aromatic carbocycles. The number of hydrogen-bond acceptors (Lipinski definition) is 8. The van der Waals surface area contributed by atoms with Gasteiger partial charge in [-0.3, -0.25) is 14.9 Å². The summed E-state index contributed by atoms with van der Waals surface area (Å²) in [6.45, 7) is 6.11. The molecule has 10 heteroatoms. The lowest BCUT2D eigenvalue weighted by molar-refractivity contribution is -0.384. The van der Waals surface area contributed by atoms with Crippen molar-refractivity contribution in [1.29, 1.82) is 0 Å². The Bertz CT molecular complexity index is 1380. The van der Waals surface area contributed by atoms with Crippen molar-refractivity contribution in [2.24, 2.45) is 0 Å². The van der Waals surface area contributed by atoms with Crippen LogP contribution in [0.2, 0.25) is 0 Å². The summed E-state index contributed by atoms with van der Waals surface area (Å²) in [6.07, 6.45) is 0. The van der Waals surface area contributed by atoms with Gasteiger partial charge in [0, 0.05) is 23.1 Å². The highest BCUT2D eigenvalue weighted by Gasteiger charge is 2.18. The number of rotatable bonds is 7. The van der Waals surface area contributed by atoms with Gasteiger partial charge in [0.1, 0.15) is 21.4 Å². The fraction of sp³-hybridized carbons (Fsp3) is 0.208. The average Bonchev–Trinajstić information content (AvgIpc) is 3.22. The minimum Gasteiger partial charge on any atom is -0.506 e. The summed E-state index contributed by atoms with van der Waals surface area (Å²) in [6, 6.07) is 11.9. The lowest BCUT2D eigenvalue weighted by Gasteiger charge is -2.09. The number of fused-ring (bicyclic) bond motifs is 1. The zero-order valence-corrected chi connectivity index (χ0v) is 20.4. The van der Waals surface area contributed by atoms with Gasteiger partial charge in [-0.1, -0.05) is 49.9 Å². The summed E-state index contributed by atoms with van der Waals surface area (Å²) in [7, 11) is 0. The Morgan fingerprint density at radius 1 is 1.21 bits per heavy atom. The van der Waals surface area contributed by atoms with Crippen LogP contribution >= 0.6 is 23.1 Å². The fourth-order valence-electron chi connectivity index (χ4n) is 3.43. The number of nitrogens with one attached hydrogen (secondary N) is 1. The third-order valence-corrected chi connectivity index (χ3v) is 7.05. The number of nitro benzene ring substituents is 1. The molecule has 0 unspecified atom stereocenters. The summed E-state index contributed by atoms with van der Waals surface area (Å²) < 4.78 is 0. The molecule has 0 aliphatic carbocycles. The summed E-state index contributed by atoms with van der Waals surface area (Å²) in [5.74, 6) is 0.400. The molecule has 0 bridgehead atoms. The second-order valence-corrected chi connectivity index (χ2v) is 9.80. The minimum absolute atomic E-state index is 0.00900. The maximum absolute atomic E-state index is 12.6. The van der Waals surface area contributed by atoms with E-state index in [9.17, 15) is 20.0 Å². The van der Waals surface area contributed by atoms with Crippen LogP contribution in [0.1, 0.15) is 31.2 Å². The molecule has 4 rings (SSSR count). The third-order valence-electron chi connectivity index (χ3n) is 5.21. The van der Waals surface area contributed by atoms with E-state index in [1.165, 1.54) is 40.8 Å². The monoisotopic (exact) mass is 494 g/mol. The van der Waals surface area contributed by atoms with Crippen molar-refractivity contribution in [2.75, 3.05) is 11.1 Å². The molecule has 1 amide bonds. The lowest BCUT2D eigenvalue weighted by Crippen LogP contribution is -2.14. The van der Waals surface area contributed by atoms with Gasteiger partial charge < -0.3 is 10.4 Å². The van der Waals surface area contributed by atoms with Gasteiger partial charge >= 0.3 is 0 Å². The van der Waals surface area contributed by atoms with Crippen molar-refractivity contribution in [2.45, 2.75) is 31.7 Å². The highest BCUT2D eigenvalue weighted by atomic mass is 32.2. The van der Waals surface area contributed by atoms with Crippen molar-refractivity contribution in [3.63, 3.8) is 0 Å². The third kappa shape index (κ3) is 5.02. The first-order chi connectivity index (χ1) is 16.2. The number of amides is 1. The van der Waals surface area contributed by atoms with E-state index < -0.39 is 10.8 Å². The van der Waals surface area contributed by atoms with Crippen LogP contribution in [-0.2, 0) is 4.79 Å². The smallest absolute Gasteiger partial charge is 0.271 e. The molecule has 34 heavy (non-hydrogen) atoms. The Hall–Kier alpha value is -3.50. The number of nitrogens with zero attached hydrogens (tertiary/aromatic N) is 3. The van der Waals surface area contributed by atoms with Crippen LogP contribution in [0.5, 0.6) is 5.75 Å². The largest absolute Gasteiger partial charge is 0.506 e. The number of benzene rings is 2. The number of aromatic hydroxyl groups is 1. The summed E-state index contributed by atoms with van der Waals surface area (Å²) in [5, 5.41) is 27.1. The van der Waals surface area contributed by atoms with Gasteiger partial charge in [0.15, 0.2) is 0 Å². The first kappa shape index (κ1) is 23.7. The average molecular weight is 495 g/mol. The molecule has 0 saturated heterocycles. The molecule has 2 N–H and O–H groups in total. The van der Waals surface area contributed by atoms with E-state index in [2.05, 4.69) is 58.8 Å². The van der Waals surface area contributed by atoms with Crippen molar-refractivity contribution in [3.8, 4) is 16.9 Å². The predicted octanol–water partition coefficient (Wildman–Crippen LogP) is 6.13. The second kappa shape index (κ2) is 9.78. The zero-order chi connectivity index (χ0) is 24.4. The molecular formula is C24H22N4O4S2. The number of thioether (sulfide) groups is 1. The number of hydrogen-bond donors (Lipinski definition) is 2. The molecule has 0 spiro atoms. The Labute approximate surface area is 204 Å². The van der Waals surface area contributed by atoms with Gasteiger partial charge in [0.25, 0.3) is 5.69 Å². The molecule has 0 atom stereocenters. The van der Waals surface area contributed by atoms with Crippen LogP contribution in [0.15, 0.2) is 52.9 Å². The van der Waals surface area contributed by atoms with Crippen LogP contribution < -0.4 is 5.32 Å². The van der Waals surface area contributed by atoms with Gasteiger partial charge in [-0.25, -0.2) is 9.97 Å². The number of aryl methyl sites for hydroxylation is 1. The molecule has 0 aliphatic heterocycles. The first-order valence-corrected chi connectivity index (χ1v) is 12.4. The Kier molecular flexibility index (Phi) is 6.80. The molecule has 2 heterocycles.